The van der Waals surface area contributed by atoms with E-state index in [1.807, 2.05) is 0 Å². The van der Waals surface area contributed by atoms with Gasteiger partial charge in [0, 0.05) is 24.5 Å². The first kappa shape index (κ1) is 15.9. The zero-order chi connectivity index (χ0) is 16.8. The fourth-order valence-electron chi connectivity index (χ4n) is 3.17. The number of methoxy groups -OCH3 is 1. The molecule has 2 aliphatic heterocycles. The SMILES string of the molecule is COCCN1C(=O)CC[C@](C)(N2Cc3c(csc3N)C2=O)C1=O. The summed E-state index contributed by atoms with van der Waals surface area (Å²) < 4.78 is 4.97. The van der Waals surface area contributed by atoms with E-state index < -0.39 is 5.54 Å². The van der Waals surface area contributed by atoms with Gasteiger partial charge in [0.2, 0.25) is 5.91 Å². The second-order valence-corrected chi connectivity index (χ2v) is 6.91. The van der Waals surface area contributed by atoms with Crippen molar-refractivity contribution in [3.8, 4) is 0 Å². The van der Waals surface area contributed by atoms with Gasteiger partial charge in [0.15, 0.2) is 0 Å². The molecule has 0 aromatic carbocycles. The van der Waals surface area contributed by atoms with E-state index in [0.717, 1.165) is 5.56 Å². The molecule has 8 heteroatoms. The molecule has 0 aliphatic carbocycles. The van der Waals surface area contributed by atoms with E-state index in [1.165, 1.54) is 23.3 Å². The number of hydrogen-bond acceptors (Lipinski definition) is 6. The Labute approximate surface area is 138 Å². The topological polar surface area (TPSA) is 92.9 Å². The van der Waals surface area contributed by atoms with Crippen molar-refractivity contribution in [2.45, 2.75) is 31.8 Å². The number of nitrogen functional groups attached to an aromatic ring is 1. The Balaban J connectivity index is 1.88. The Morgan fingerprint density at radius 3 is 2.78 bits per heavy atom. The minimum absolute atomic E-state index is 0.190. The maximum absolute atomic E-state index is 12.9. The summed E-state index contributed by atoms with van der Waals surface area (Å²) >= 11 is 1.34. The van der Waals surface area contributed by atoms with Crippen molar-refractivity contribution < 1.29 is 19.1 Å². The lowest BCUT2D eigenvalue weighted by atomic mass is 9.87. The summed E-state index contributed by atoms with van der Waals surface area (Å²) in [6.07, 6.45) is 0.561. The number of thiophene rings is 1. The maximum atomic E-state index is 12.9. The van der Waals surface area contributed by atoms with E-state index in [4.69, 9.17) is 10.5 Å². The molecule has 0 radical (unpaired) electrons. The van der Waals surface area contributed by atoms with Crippen molar-refractivity contribution in [3.05, 3.63) is 16.5 Å². The number of ether oxygens (including phenoxy) is 1. The fraction of sp³-hybridized carbons (Fsp3) is 0.533. The average Bonchev–Trinajstić information content (AvgIpc) is 3.05. The summed E-state index contributed by atoms with van der Waals surface area (Å²) in [5, 5.41) is 2.34. The Hall–Kier alpha value is -1.93. The van der Waals surface area contributed by atoms with Gasteiger partial charge in [-0.05, 0) is 13.3 Å². The van der Waals surface area contributed by atoms with Crippen LogP contribution in [0.4, 0.5) is 5.00 Å². The predicted molar refractivity (Wildman–Crippen MR) is 84.8 cm³/mol. The van der Waals surface area contributed by atoms with Crippen molar-refractivity contribution in [1.82, 2.24) is 9.80 Å². The Bertz CT molecular complexity index is 686. The zero-order valence-corrected chi connectivity index (χ0v) is 13.9. The van der Waals surface area contributed by atoms with Crippen LogP contribution in [0.5, 0.6) is 0 Å². The number of rotatable bonds is 4. The van der Waals surface area contributed by atoms with Gasteiger partial charge in [-0.15, -0.1) is 11.3 Å². The summed E-state index contributed by atoms with van der Waals surface area (Å²) in [7, 11) is 1.52. The Kier molecular flexibility index (Phi) is 3.89. The van der Waals surface area contributed by atoms with Gasteiger partial charge in [-0.3, -0.25) is 19.3 Å². The van der Waals surface area contributed by atoms with Gasteiger partial charge in [-0.1, -0.05) is 0 Å². The van der Waals surface area contributed by atoms with Gasteiger partial charge in [-0.2, -0.15) is 0 Å². The number of anilines is 1. The van der Waals surface area contributed by atoms with E-state index in [9.17, 15) is 14.4 Å². The number of imide groups is 1. The molecule has 3 amide bonds. The van der Waals surface area contributed by atoms with Crippen LogP contribution in [0.25, 0.3) is 0 Å². The van der Waals surface area contributed by atoms with Crippen LogP contribution in [-0.4, -0.2) is 53.3 Å². The van der Waals surface area contributed by atoms with Gasteiger partial charge in [0.05, 0.1) is 30.3 Å². The largest absolute Gasteiger partial charge is 0.390 e. The second kappa shape index (κ2) is 5.61. The minimum Gasteiger partial charge on any atom is -0.390 e. The van der Waals surface area contributed by atoms with Crippen LogP contribution in [0, 0.1) is 0 Å². The summed E-state index contributed by atoms with van der Waals surface area (Å²) in [6, 6.07) is 0. The van der Waals surface area contributed by atoms with Crippen LogP contribution < -0.4 is 5.73 Å². The van der Waals surface area contributed by atoms with Gasteiger partial charge in [0.1, 0.15) is 5.54 Å². The Morgan fingerprint density at radius 1 is 1.39 bits per heavy atom. The smallest absolute Gasteiger partial charge is 0.256 e. The molecule has 1 atom stereocenters. The van der Waals surface area contributed by atoms with Crippen molar-refractivity contribution in [3.63, 3.8) is 0 Å². The van der Waals surface area contributed by atoms with Crippen LogP contribution in [0.15, 0.2) is 5.38 Å². The fourth-order valence-corrected chi connectivity index (χ4v) is 3.97. The maximum Gasteiger partial charge on any atom is 0.256 e. The standard InChI is InChI=1S/C15H19N3O4S/c1-15(4-3-11(19)17(14(15)21)5-6-22-2)18-7-9-10(13(18)20)8-23-12(9)16/h8H,3-7,16H2,1-2H3/t15-/m0/s1. The third-order valence-electron chi connectivity index (χ3n) is 4.67. The van der Waals surface area contributed by atoms with Crippen LogP contribution in [0.2, 0.25) is 0 Å². The van der Waals surface area contributed by atoms with Crippen LogP contribution in [0.1, 0.15) is 35.7 Å². The number of nitrogens with zero attached hydrogens (tertiary/aromatic N) is 2. The normalized spacial score (nSPS) is 24.5. The number of carbonyl (C=O) groups is 3. The van der Waals surface area contributed by atoms with E-state index in [-0.39, 0.29) is 37.3 Å². The molecule has 23 heavy (non-hydrogen) atoms. The average molecular weight is 337 g/mol. The molecule has 124 valence electrons. The quantitative estimate of drug-likeness (QED) is 0.822. The summed E-state index contributed by atoms with van der Waals surface area (Å²) in [4.78, 5) is 40.3. The molecule has 3 heterocycles. The number of fused-ring (bicyclic) bond motifs is 1. The third-order valence-corrected chi connectivity index (χ3v) is 5.52. The molecular weight excluding hydrogens is 318 g/mol. The molecule has 0 spiro atoms. The molecule has 1 fully saturated rings. The monoisotopic (exact) mass is 337 g/mol. The molecular formula is C15H19N3O4S. The molecule has 7 nitrogen and oxygen atoms in total. The number of nitrogens with two attached hydrogens (primary N) is 1. The summed E-state index contributed by atoms with van der Waals surface area (Å²) in [5.74, 6) is -0.749. The van der Waals surface area contributed by atoms with Crippen molar-refractivity contribution in [1.29, 1.82) is 0 Å². The highest BCUT2D eigenvalue weighted by atomic mass is 32.1. The van der Waals surface area contributed by atoms with Crippen molar-refractivity contribution in [2.24, 2.45) is 0 Å². The minimum atomic E-state index is -1.03. The molecule has 2 aliphatic rings. The molecule has 1 aromatic heterocycles. The highest BCUT2D eigenvalue weighted by Crippen LogP contribution is 2.40. The first-order chi connectivity index (χ1) is 10.9. The molecule has 1 aromatic rings. The summed E-state index contributed by atoms with van der Waals surface area (Å²) in [5.41, 5.74) is 6.24. The highest BCUT2D eigenvalue weighted by Gasteiger charge is 2.51. The predicted octanol–water partition coefficient (Wildman–Crippen LogP) is 0.840. The van der Waals surface area contributed by atoms with Crippen molar-refractivity contribution >= 4 is 34.1 Å². The highest BCUT2D eigenvalue weighted by molar-refractivity contribution is 7.14. The molecule has 0 unspecified atom stereocenters. The van der Waals surface area contributed by atoms with Crippen LogP contribution in [-0.2, 0) is 20.9 Å². The number of piperidine rings is 1. The van der Waals surface area contributed by atoms with Crippen molar-refractivity contribution in [2.75, 3.05) is 26.0 Å². The lowest BCUT2D eigenvalue weighted by Gasteiger charge is -2.43. The molecule has 0 bridgehead atoms. The number of likely N-dealkylation sites (tertiary alicyclic amines) is 1. The Morgan fingerprint density at radius 2 is 2.13 bits per heavy atom. The lowest BCUT2D eigenvalue weighted by molar-refractivity contribution is -0.158. The first-order valence-electron chi connectivity index (χ1n) is 7.41. The third kappa shape index (κ3) is 2.33. The van der Waals surface area contributed by atoms with Gasteiger partial charge < -0.3 is 15.4 Å². The lowest BCUT2D eigenvalue weighted by Crippen LogP contribution is -2.62. The second-order valence-electron chi connectivity index (χ2n) is 6.00. The van der Waals surface area contributed by atoms with Gasteiger partial charge >= 0.3 is 0 Å². The van der Waals surface area contributed by atoms with Crippen LogP contribution in [0.3, 0.4) is 0 Å². The molecule has 1 saturated heterocycles. The van der Waals surface area contributed by atoms with Crippen LogP contribution >= 0.6 is 11.3 Å². The molecule has 3 rings (SSSR count). The molecule has 0 saturated carbocycles. The summed E-state index contributed by atoms with van der Waals surface area (Å²) in [6.45, 7) is 2.53. The zero-order valence-electron chi connectivity index (χ0n) is 13.1. The number of hydrogen-bond donors (Lipinski definition) is 1. The van der Waals surface area contributed by atoms with Gasteiger partial charge in [-0.25, -0.2) is 0 Å². The molecule has 2 N–H and O–H groups in total. The number of carbonyl (C=O) groups excluding carboxylic acids is 3. The van der Waals surface area contributed by atoms with E-state index in [2.05, 4.69) is 0 Å². The van der Waals surface area contributed by atoms with E-state index in [1.54, 1.807) is 17.2 Å². The van der Waals surface area contributed by atoms with E-state index >= 15 is 0 Å². The number of amides is 3. The van der Waals surface area contributed by atoms with E-state index in [0.29, 0.717) is 23.5 Å². The first-order valence-corrected chi connectivity index (χ1v) is 8.29. The van der Waals surface area contributed by atoms with Gasteiger partial charge in [0.25, 0.3) is 11.8 Å².